The van der Waals surface area contributed by atoms with Crippen molar-refractivity contribution < 1.29 is 14.3 Å². The van der Waals surface area contributed by atoms with E-state index in [9.17, 15) is 9.59 Å². The molecule has 1 saturated carbocycles. The van der Waals surface area contributed by atoms with Crippen LogP contribution in [-0.2, 0) is 4.79 Å². The fourth-order valence-electron chi connectivity index (χ4n) is 4.11. The normalized spacial score (nSPS) is 14.8. The second-order valence-corrected chi connectivity index (χ2v) is 8.53. The molecule has 0 radical (unpaired) electrons. The fourth-order valence-corrected chi connectivity index (χ4v) is 4.11. The minimum Gasteiger partial charge on any atom is -0.481 e. The van der Waals surface area contributed by atoms with Crippen molar-refractivity contribution in [2.75, 3.05) is 5.32 Å². The molecule has 1 aliphatic carbocycles. The molecular weight excluding hydrogens is 412 g/mol. The predicted molar refractivity (Wildman–Crippen MR) is 131 cm³/mol. The molecule has 3 aromatic carbocycles. The molecule has 0 bridgehead atoms. The van der Waals surface area contributed by atoms with Crippen molar-refractivity contribution in [3.8, 4) is 16.9 Å². The molecule has 5 heteroatoms. The fraction of sp³-hybridized carbons (Fsp3) is 0.286. The highest BCUT2D eigenvalue weighted by atomic mass is 16.5. The zero-order valence-corrected chi connectivity index (χ0v) is 18.9. The first kappa shape index (κ1) is 22.6. The van der Waals surface area contributed by atoms with E-state index in [1.165, 1.54) is 6.42 Å². The van der Waals surface area contributed by atoms with E-state index in [4.69, 9.17) is 4.74 Å². The Kier molecular flexibility index (Phi) is 7.40. The molecule has 0 aromatic heterocycles. The Morgan fingerprint density at radius 3 is 2.27 bits per heavy atom. The summed E-state index contributed by atoms with van der Waals surface area (Å²) in [6, 6.07) is 25.0. The zero-order valence-electron chi connectivity index (χ0n) is 18.9. The van der Waals surface area contributed by atoms with Gasteiger partial charge < -0.3 is 15.4 Å². The molecule has 1 fully saturated rings. The molecule has 0 spiro atoms. The maximum atomic E-state index is 12.7. The van der Waals surface area contributed by atoms with Crippen LogP contribution in [0.3, 0.4) is 0 Å². The van der Waals surface area contributed by atoms with E-state index in [2.05, 4.69) is 22.8 Å². The highest BCUT2D eigenvalue weighted by Gasteiger charge is 2.18. The summed E-state index contributed by atoms with van der Waals surface area (Å²) in [5, 5.41) is 5.97. The van der Waals surface area contributed by atoms with Gasteiger partial charge in [-0.2, -0.15) is 0 Å². The molecule has 2 N–H and O–H groups in total. The van der Waals surface area contributed by atoms with Crippen molar-refractivity contribution in [1.82, 2.24) is 5.32 Å². The summed E-state index contributed by atoms with van der Waals surface area (Å²) in [7, 11) is 0. The minimum atomic E-state index is -0.688. The Hall–Kier alpha value is -3.60. The monoisotopic (exact) mass is 442 g/mol. The van der Waals surface area contributed by atoms with Crippen LogP contribution in [0.5, 0.6) is 5.75 Å². The van der Waals surface area contributed by atoms with E-state index in [1.54, 1.807) is 31.2 Å². The second-order valence-electron chi connectivity index (χ2n) is 8.53. The Balaban J connectivity index is 1.33. The molecule has 1 unspecified atom stereocenters. The highest BCUT2D eigenvalue weighted by molar-refractivity contribution is 5.98. The lowest BCUT2D eigenvalue weighted by Crippen LogP contribution is -2.36. The highest BCUT2D eigenvalue weighted by Crippen LogP contribution is 2.23. The van der Waals surface area contributed by atoms with Crippen LogP contribution >= 0.6 is 0 Å². The first-order valence-electron chi connectivity index (χ1n) is 11.6. The number of hydrogen-bond donors (Lipinski definition) is 2. The Morgan fingerprint density at radius 2 is 1.55 bits per heavy atom. The van der Waals surface area contributed by atoms with Gasteiger partial charge in [0, 0.05) is 17.3 Å². The quantitative estimate of drug-likeness (QED) is 0.484. The van der Waals surface area contributed by atoms with E-state index >= 15 is 0 Å². The molecule has 0 heterocycles. The van der Waals surface area contributed by atoms with E-state index in [-0.39, 0.29) is 17.9 Å². The van der Waals surface area contributed by atoms with Gasteiger partial charge in [0.1, 0.15) is 5.75 Å². The molecule has 4 rings (SSSR count). The van der Waals surface area contributed by atoms with Crippen molar-refractivity contribution >= 4 is 17.5 Å². The molecule has 1 aliphatic rings. The number of amides is 2. The average molecular weight is 443 g/mol. The Labute approximate surface area is 195 Å². The summed E-state index contributed by atoms with van der Waals surface area (Å²) >= 11 is 0. The molecular formula is C28H30N2O3. The second kappa shape index (κ2) is 10.8. The summed E-state index contributed by atoms with van der Waals surface area (Å²) in [6.07, 6.45) is 4.94. The summed E-state index contributed by atoms with van der Waals surface area (Å²) in [4.78, 5) is 25.3. The third-order valence-corrected chi connectivity index (χ3v) is 5.98. The van der Waals surface area contributed by atoms with Crippen LogP contribution in [0.1, 0.15) is 49.4 Å². The zero-order chi connectivity index (χ0) is 23.0. The standard InChI is InChI=1S/C28H30N2O3/c1-20(33-26-17-15-22(16-18-26)21-9-4-2-5-10-21)27(31)30-25-14-8-11-23(19-25)28(32)29-24-12-6-3-7-13-24/h2,4-5,8-11,14-20,24H,3,6-7,12-13H2,1H3,(H,29,32)(H,30,31). The van der Waals surface area contributed by atoms with Crippen LogP contribution in [0, 0.1) is 0 Å². The van der Waals surface area contributed by atoms with E-state index in [1.807, 2.05) is 42.5 Å². The van der Waals surface area contributed by atoms with Gasteiger partial charge in [-0.25, -0.2) is 0 Å². The molecule has 1 atom stereocenters. The van der Waals surface area contributed by atoms with Gasteiger partial charge in [-0.15, -0.1) is 0 Å². The number of carbonyl (C=O) groups is 2. The van der Waals surface area contributed by atoms with Crippen molar-refractivity contribution in [2.24, 2.45) is 0 Å². The van der Waals surface area contributed by atoms with Crippen LogP contribution in [-0.4, -0.2) is 24.0 Å². The van der Waals surface area contributed by atoms with Crippen molar-refractivity contribution in [3.05, 3.63) is 84.4 Å². The van der Waals surface area contributed by atoms with Crippen LogP contribution in [0.25, 0.3) is 11.1 Å². The summed E-state index contributed by atoms with van der Waals surface area (Å²) in [6.45, 7) is 1.71. The number of ether oxygens (including phenoxy) is 1. The van der Waals surface area contributed by atoms with Gasteiger partial charge in [0.15, 0.2) is 6.10 Å². The van der Waals surface area contributed by atoms with E-state index < -0.39 is 6.10 Å². The molecule has 0 aliphatic heterocycles. The summed E-state index contributed by atoms with van der Waals surface area (Å²) in [5.74, 6) is 0.255. The maximum Gasteiger partial charge on any atom is 0.265 e. The smallest absolute Gasteiger partial charge is 0.265 e. The van der Waals surface area contributed by atoms with Gasteiger partial charge in [0.2, 0.25) is 0 Å². The Bertz CT molecular complexity index is 1070. The number of nitrogens with one attached hydrogen (secondary N) is 2. The van der Waals surface area contributed by atoms with E-state index in [0.717, 1.165) is 36.8 Å². The van der Waals surface area contributed by atoms with Gasteiger partial charge in [-0.1, -0.05) is 67.8 Å². The van der Waals surface area contributed by atoms with Gasteiger partial charge in [0.05, 0.1) is 0 Å². The number of rotatable bonds is 7. The number of anilines is 1. The van der Waals surface area contributed by atoms with Crippen molar-refractivity contribution in [1.29, 1.82) is 0 Å². The third kappa shape index (κ3) is 6.22. The van der Waals surface area contributed by atoms with Crippen LogP contribution in [0.4, 0.5) is 5.69 Å². The number of hydrogen-bond acceptors (Lipinski definition) is 3. The van der Waals surface area contributed by atoms with Crippen LogP contribution in [0.15, 0.2) is 78.9 Å². The molecule has 33 heavy (non-hydrogen) atoms. The van der Waals surface area contributed by atoms with Gasteiger partial charge >= 0.3 is 0 Å². The molecule has 2 amide bonds. The molecule has 0 saturated heterocycles. The maximum absolute atomic E-state index is 12.7. The van der Waals surface area contributed by atoms with Crippen LogP contribution in [0.2, 0.25) is 0 Å². The summed E-state index contributed by atoms with van der Waals surface area (Å²) in [5.41, 5.74) is 3.33. The number of carbonyl (C=O) groups excluding carboxylic acids is 2. The van der Waals surface area contributed by atoms with Crippen molar-refractivity contribution in [2.45, 2.75) is 51.2 Å². The lowest BCUT2D eigenvalue weighted by Gasteiger charge is -2.22. The van der Waals surface area contributed by atoms with Gasteiger partial charge in [-0.3, -0.25) is 9.59 Å². The SMILES string of the molecule is CC(Oc1ccc(-c2ccccc2)cc1)C(=O)Nc1cccc(C(=O)NC2CCCCC2)c1. The van der Waals surface area contributed by atoms with Crippen LogP contribution < -0.4 is 15.4 Å². The summed E-state index contributed by atoms with van der Waals surface area (Å²) < 4.78 is 5.83. The first-order chi connectivity index (χ1) is 16.1. The minimum absolute atomic E-state index is 0.0965. The largest absolute Gasteiger partial charge is 0.481 e. The lowest BCUT2D eigenvalue weighted by atomic mass is 9.95. The molecule has 5 nitrogen and oxygen atoms in total. The Morgan fingerprint density at radius 1 is 0.848 bits per heavy atom. The topological polar surface area (TPSA) is 67.4 Å². The molecule has 3 aromatic rings. The third-order valence-electron chi connectivity index (χ3n) is 5.98. The first-order valence-corrected chi connectivity index (χ1v) is 11.6. The van der Waals surface area contributed by atoms with Gasteiger partial charge in [-0.05, 0) is 61.2 Å². The van der Waals surface area contributed by atoms with Crippen molar-refractivity contribution in [3.63, 3.8) is 0 Å². The van der Waals surface area contributed by atoms with Gasteiger partial charge in [0.25, 0.3) is 11.8 Å². The van der Waals surface area contributed by atoms with E-state index in [0.29, 0.717) is 17.0 Å². The average Bonchev–Trinajstić information content (AvgIpc) is 2.86. The predicted octanol–water partition coefficient (Wildman–Crippen LogP) is 5.82. The lowest BCUT2D eigenvalue weighted by molar-refractivity contribution is -0.122. The number of benzene rings is 3. The molecule has 170 valence electrons.